The Morgan fingerprint density at radius 2 is 1.93 bits per heavy atom. The molecular weight excluding hydrogens is 172 g/mol. The van der Waals surface area contributed by atoms with E-state index in [1.165, 1.54) is 64.7 Å². The minimum Gasteiger partial charge on any atom is -0.316 e. The smallest absolute Gasteiger partial charge is 0.000837 e. The molecule has 2 heteroatoms. The standard InChI is InChI=1S/C12H24N2/c1-3-11(4-1)6-8-14-10-12-5-2-7-13-9-12/h11-14H,1-10H2. The second-order valence-corrected chi connectivity index (χ2v) is 5.00. The van der Waals surface area contributed by atoms with Crippen LogP contribution in [0.1, 0.15) is 38.5 Å². The second-order valence-electron chi connectivity index (χ2n) is 5.00. The Kier molecular flexibility index (Phi) is 4.26. The van der Waals surface area contributed by atoms with Gasteiger partial charge in [-0.15, -0.1) is 0 Å². The Morgan fingerprint density at radius 1 is 1.07 bits per heavy atom. The minimum atomic E-state index is 0.894. The first kappa shape index (κ1) is 10.4. The van der Waals surface area contributed by atoms with Gasteiger partial charge in [0.25, 0.3) is 0 Å². The van der Waals surface area contributed by atoms with Gasteiger partial charge in [-0.05, 0) is 57.3 Å². The third-order valence-electron chi connectivity index (χ3n) is 3.79. The first-order valence-corrected chi connectivity index (χ1v) is 6.36. The highest BCUT2D eigenvalue weighted by Crippen LogP contribution is 2.28. The SMILES string of the molecule is C1CC(CCNCC2CCCNC2)C1. The lowest BCUT2D eigenvalue weighted by Gasteiger charge is -2.26. The van der Waals surface area contributed by atoms with E-state index in [9.17, 15) is 0 Å². The van der Waals surface area contributed by atoms with Crippen molar-refractivity contribution in [2.75, 3.05) is 26.2 Å². The summed E-state index contributed by atoms with van der Waals surface area (Å²) in [5.41, 5.74) is 0. The zero-order chi connectivity index (χ0) is 9.64. The molecule has 0 bridgehead atoms. The summed E-state index contributed by atoms with van der Waals surface area (Å²) in [6.45, 7) is 4.95. The van der Waals surface area contributed by atoms with Crippen LogP contribution in [-0.2, 0) is 0 Å². The van der Waals surface area contributed by atoms with Crippen molar-refractivity contribution >= 4 is 0 Å². The van der Waals surface area contributed by atoms with Gasteiger partial charge in [0.1, 0.15) is 0 Å². The summed E-state index contributed by atoms with van der Waals surface area (Å²) in [5, 5.41) is 7.08. The van der Waals surface area contributed by atoms with Crippen molar-refractivity contribution in [1.29, 1.82) is 0 Å². The molecule has 0 aromatic rings. The van der Waals surface area contributed by atoms with Gasteiger partial charge in [-0.25, -0.2) is 0 Å². The van der Waals surface area contributed by atoms with Crippen LogP contribution in [0.3, 0.4) is 0 Å². The molecule has 1 atom stereocenters. The molecule has 0 spiro atoms. The van der Waals surface area contributed by atoms with Crippen LogP contribution >= 0.6 is 0 Å². The van der Waals surface area contributed by atoms with E-state index in [0.29, 0.717) is 0 Å². The number of rotatable bonds is 5. The average molecular weight is 196 g/mol. The highest BCUT2D eigenvalue weighted by atomic mass is 14.9. The van der Waals surface area contributed by atoms with E-state index < -0.39 is 0 Å². The molecule has 1 saturated carbocycles. The van der Waals surface area contributed by atoms with E-state index in [1.54, 1.807) is 0 Å². The fourth-order valence-electron chi connectivity index (χ4n) is 2.49. The fraction of sp³-hybridized carbons (Fsp3) is 1.00. The number of hydrogen-bond acceptors (Lipinski definition) is 2. The Balaban J connectivity index is 1.45. The van der Waals surface area contributed by atoms with Crippen molar-refractivity contribution in [3.63, 3.8) is 0 Å². The van der Waals surface area contributed by atoms with Gasteiger partial charge in [-0.1, -0.05) is 19.3 Å². The zero-order valence-electron chi connectivity index (χ0n) is 9.23. The lowest BCUT2D eigenvalue weighted by molar-refractivity contribution is 0.285. The topological polar surface area (TPSA) is 24.1 Å². The molecule has 1 saturated heterocycles. The van der Waals surface area contributed by atoms with Crippen LogP contribution in [0.2, 0.25) is 0 Å². The average Bonchev–Trinajstić information content (AvgIpc) is 2.16. The van der Waals surface area contributed by atoms with E-state index in [0.717, 1.165) is 11.8 Å². The third kappa shape index (κ3) is 3.25. The molecular formula is C12H24N2. The quantitative estimate of drug-likeness (QED) is 0.655. The van der Waals surface area contributed by atoms with Crippen LogP contribution in [-0.4, -0.2) is 26.2 Å². The van der Waals surface area contributed by atoms with Gasteiger partial charge >= 0.3 is 0 Å². The summed E-state index contributed by atoms with van der Waals surface area (Å²) in [6.07, 6.45) is 8.68. The number of piperidine rings is 1. The Labute approximate surface area is 87.8 Å². The van der Waals surface area contributed by atoms with Crippen molar-refractivity contribution in [2.24, 2.45) is 11.8 Å². The molecule has 2 rings (SSSR count). The molecule has 2 aliphatic rings. The lowest BCUT2D eigenvalue weighted by Crippen LogP contribution is -2.36. The molecule has 1 aliphatic carbocycles. The monoisotopic (exact) mass is 196 g/mol. The van der Waals surface area contributed by atoms with Gasteiger partial charge in [0.15, 0.2) is 0 Å². The number of hydrogen-bond donors (Lipinski definition) is 2. The highest BCUT2D eigenvalue weighted by molar-refractivity contribution is 4.73. The maximum atomic E-state index is 3.61. The minimum absolute atomic E-state index is 0.894. The molecule has 2 N–H and O–H groups in total. The Hall–Kier alpha value is -0.0800. The normalized spacial score (nSPS) is 28.7. The summed E-state index contributed by atoms with van der Waals surface area (Å²) < 4.78 is 0. The van der Waals surface area contributed by atoms with Crippen molar-refractivity contribution < 1.29 is 0 Å². The highest BCUT2D eigenvalue weighted by Gasteiger charge is 2.17. The van der Waals surface area contributed by atoms with Crippen molar-refractivity contribution in [3.8, 4) is 0 Å². The Morgan fingerprint density at radius 3 is 2.57 bits per heavy atom. The van der Waals surface area contributed by atoms with Crippen LogP contribution in [0.5, 0.6) is 0 Å². The van der Waals surface area contributed by atoms with Crippen LogP contribution in [0.4, 0.5) is 0 Å². The van der Waals surface area contributed by atoms with E-state index in [2.05, 4.69) is 10.6 Å². The second kappa shape index (κ2) is 5.72. The maximum absolute atomic E-state index is 3.61. The van der Waals surface area contributed by atoms with Gasteiger partial charge < -0.3 is 10.6 Å². The molecule has 82 valence electrons. The van der Waals surface area contributed by atoms with Crippen LogP contribution in [0, 0.1) is 11.8 Å². The molecule has 0 amide bonds. The van der Waals surface area contributed by atoms with Crippen molar-refractivity contribution in [3.05, 3.63) is 0 Å². The zero-order valence-corrected chi connectivity index (χ0v) is 9.23. The number of nitrogens with one attached hydrogen (secondary N) is 2. The van der Waals surface area contributed by atoms with Crippen LogP contribution < -0.4 is 10.6 Å². The lowest BCUT2D eigenvalue weighted by atomic mass is 9.83. The molecule has 2 fully saturated rings. The maximum Gasteiger partial charge on any atom is -0.000837 e. The first-order valence-electron chi connectivity index (χ1n) is 6.36. The summed E-state index contributed by atoms with van der Waals surface area (Å²) >= 11 is 0. The molecule has 1 heterocycles. The molecule has 1 aliphatic heterocycles. The van der Waals surface area contributed by atoms with E-state index in [1.807, 2.05) is 0 Å². The van der Waals surface area contributed by atoms with Gasteiger partial charge in [0, 0.05) is 0 Å². The predicted octanol–water partition coefficient (Wildman–Crippen LogP) is 1.77. The molecule has 0 radical (unpaired) electrons. The Bertz CT molecular complexity index is 148. The summed E-state index contributed by atoms with van der Waals surface area (Å²) in [6, 6.07) is 0. The van der Waals surface area contributed by atoms with E-state index >= 15 is 0 Å². The van der Waals surface area contributed by atoms with E-state index in [-0.39, 0.29) is 0 Å². The van der Waals surface area contributed by atoms with Gasteiger partial charge in [-0.3, -0.25) is 0 Å². The molecule has 0 aromatic carbocycles. The summed E-state index contributed by atoms with van der Waals surface area (Å²) in [7, 11) is 0. The van der Waals surface area contributed by atoms with Crippen LogP contribution in [0.15, 0.2) is 0 Å². The third-order valence-corrected chi connectivity index (χ3v) is 3.79. The van der Waals surface area contributed by atoms with E-state index in [4.69, 9.17) is 0 Å². The molecule has 14 heavy (non-hydrogen) atoms. The molecule has 2 nitrogen and oxygen atoms in total. The van der Waals surface area contributed by atoms with Crippen LogP contribution in [0.25, 0.3) is 0 Å². The predicted molar refractivity (Wildman–Crippen MR) is 60.4 cm³/mol. The van der Waals surface area contributed by atoms with Crippen molar-refractivity contribution in [2.45, 2.75) is 38.5 Å². The molecule has 1 unspecified atom stereocenters. The largest absolute Gasteiger partial charge is 0.316 e. The summed E-state index contributed by atoms with van der Waals surface area (Å²) in [5.74, 6) is 1.96. The molecule has 0 aromatic heterocycles. The van der Waals surface area contributed by atoms with Gasteiger partial charge in [-0.2, -0.15) is 0 Å². The fourth-order valence-corrected chi connectivity index (χ4v) is 2.49. The first-order chi connectivity index (χ1) is 6.95. The van der Waals surface area contributed by atoms with Gasteiger partial charge in [0.2, 0.25) is 0 Å². The van der Waals surface area contributed by atoms with Crippen molar-refractivity contribution in [1.82, 2.24) is 10.6 Å². The van der Waals surface area contributed by atoms with Gasteiger partial charge in [0.05, 0.1) is 0 Å². The summed E-state index contributed by atoms with van der Waals surface area (Å²) in [4.78, 5) is 0.